The lowest BCUT2D eigenvalue weighted by Gasteiger charge is -2.17. The quantitative estimate of drug-likeness (QED) is 0.676. The van der Waals surface area contributed by atoms with Gasteiger partial charge in [0.2, 0.25) is 0 Å². The summed E-state index contributed by atoms with van der Waals surface area (Å²) in [5, 5.41) is 3.40. The van der Waals surface area contributed by atoms with Gasteiger partial charge in [-0.05, 0) is 19.4 Å². The van der Waals surface area contributed by atoms with Gasteiger partial charge in [0.05, 0.1) is 19.8 Å². The van der Waals surface area contributed by atoms with Crippen LogP contribution in [0.3, 0.4) is 0 Å². The van der Waals surface area contributed by atoms with E-state index in [0.29, 0.717) is 12.0 Å². The van der Waals surface area contributed by atoms with Gasteiger partial charge in [-0.3, -0.25) is 0 Å². The number of nitrogens with one attached hydrogen (secondary N) is 1. The van der Waals surface area contributed by atoms with Gasteiger partial charge in [-0.1, -0.05) is 13.8 Å². The summed E-state index contributed by atoms with van der Waals surface area (Å²) in [5.74, 6) is 0.633. The minimum absolute atomic E-state index is 0.516. The predicted octanol–water partition coefficient (Wildman–Crippen LogP) is 1.43. The number of hydrogen-bond acceptors (Lipinski definition) is 3. The van der Waals surface area contributed by atoms with Gasteiger partial charge in [0.1, 0.15) is 0 Å². The monoisotopic (exact) mass is 201 g/mol. The summed E-state index contributed by atoms with van der Waals surface area (Å²) in [5.41, 5.74) is 0. The molecule has 0 amide bonds. The Morgan fingerprint density at radius 3 is 2.93 bits per heavy atom. The highest BCUT2D eigenvalue weighted by atomic mass is 16.5. The van der Waals surface area contributed by atoms with Crippen LogP contribution in [0.15, 0.2) is 0 Å². The van der Waals surface area contributed by atoms with Crippen molar-refractivity contribution in [1.82, 2.24) is 5.32 Å². The van der Waals surface area contributed by atoms with Gasteiger partial charge in [-0.25, -0.2) is 0 Å². The second-order valence-electron chi connectivity index (χ2n) is 3.93. The predicted molar refractivity (Wildman–Crippen MR) is 57.5 cm³/mol. The minimum Gasteiger partial charge on any atom is -0.381 e. The zero-order valence-corrected chi connectivity index (χ0v) is 9.42. The smallest absolute Gasteiger partial charge is 0.0619 e. The van der Waals surface area contributed by atoms with Gasteiger partial charge in [-0.2, -0.15) is 0 Å². The van der Waals surface area contributed by atoms with Crippen molar-refractivity contribution in [3.05, 3.63) is 0 Å². The molecule has 0 aromatic carbocycles. The van der Waals surface area contributed by atoms with Crippen LogP contribution in [-0.4, -0.2) is 39.0 Å². The Bertz CT molecular complexity index is 135. The van der Waals surface area contributed by atoms with Gasteiger partial charge in [0, 0.05) is 18.6 Å². The standard InChI is InChI=1S/C11H23NO2/c1-3-11(12-4-2)9-14-8-10-5-6-13-7-10/h10-12H,3-9H2,1-2H3. The van der Waals surface area contributed by atoms with E-state index in [0.717, 1.165) is 45.8 Å². The zero-order chi connectivity index (χ0) is 10.2. The molecule has 1 aliphatic rings. The van der Waals surface area contributed by atoms with Crippen molar-refractivity contribution >= 4 is 0 Å². The van der Waals surface area contributed by atoms with Crippen molar-refractivity contribution < 1.29 is 9.47 Å². The Hall–Kier alpha value is -0.120. The molecular weight excluding hydrogens is 178 g/mol. The number of hydrogen-bond donors (Lipinski definition) is 1. The largest absolute Gasteiger partial charge is 0.381 e. The molecule has 0 bridgehead atoms. The third kappa shape index (κ3) is 4.40. The fourth-order valence-corrected chi connectivity index (χ4v) is 1.70. The first kappa shape index (κ1) is 12.0. The highest BCUT2D eigenvalue weighted by molar-refractivity contribution is 4.65. The lowest BCUT2D eigenvalue weighted by atomic mass is 10.1. The molecule has 0 aliphatic carbocycles. The second kappa shape index (κ2) is 7.21. The Labute approximate surface area is 87.2 Å². The number of rotatable bonds is 7. The first-order valence-electron chi connectivity index (χ1n) is 5.75. The maximum atomic E-state index is 5.68. The van der Waals surface area contributed by atoms with Crippen molar-refractivity contribution in [2.75, 3.05) is 33.0 Å². The van der Waals surface area contributed by atoms with Gasteiger partial charge in [0.25, 0.3) is 0 Å². The van der Waals surface area contributed by atoms with Crippen molar-refractivity contribution in [3.8, 4) is 0 Å². The molecule has 0 radical (unpaired) electrons. The van der Waals surface area contributed by atoms with E-state index in [-0.39, 0.29) is 0 Å². The molecule has 0 aromatic heterocycles. The molecule has 0 aromatic rings. The van der Waals surface area contributed by atoms with Gasteiger partial charge < -0.3 is 14.8 Å². The SMILES string of the molecule is CCNC(CC)COCC1CCOC1. The molecule has 0 saturated carbocycles. The second-order valence-corrected chi connectivity index (χ2v) is 3.93. The summed E-state index contributed by atoms with van der Waals surface area (Å²) in [6.07, 6.45) is 2.30. The summed E-state index contributed by atoms with van der Waals surface area (Å²) in [6.45, 7) is 8.84. The van der Waals surface area contributed by atoms with E-state index in [1.165, 1.54) is 0 Å². The van der Waals surface area contributed by atoms with Gasteiger partial charge in [0.15, 0.2) is 0 Å². The van der Waals surface area contributed by atoms with Crippen molar-refractivity contribution in [2.45, 2.75) is 32.7 Å². The lowest BCUT2D eigenvalue weighted by molar-refractivity contribution is 0.0741. The van der Waals surface area contributed by atoms with Crippen LogP contribution < -0.4 is 5.32 Å². The lowest BCUT2D eigenvalue weighted by Crippen LogP contribution is -2.33. The van der Waals surface area contributed by atoms with E-state index < -0.39 is 0 Å². The van der Waals surface area contributed by atoms with Crippen LogP contribution in [0.2, 0.25) is 0 Å². The molecule has 1 rings (SSSR count). The highest BCUT2D eigenvalue weighted by Gasteiger charge is 2.16. The van der Waals surface area contributed by atoms with Crippen LogP contribution in [0, 0.1) is 5.92 Å². The molecule has 2 atom stereocenters. The first-order chi connectivity index (χ1) is 6.86. The van der Waals surface area contributed by atoms with Crippen molar-refractivity contribution in [3.63, 3.8) is 0 Å². The van der Waals surface area contributed by atoms with E-state index in [1.807, 2.05) is 0 Å². The number of ether oxygens (including phenoxy) is 2. The van der Waals surface area contributed by atoms with Crippen LogP contribution in [0.1, 0.15) is 26.7 Å². The summed E-state index contributed by atoms with van der Waals surface area (Å²) in [6, 6.07) is 0.516. The van der Waals surface area contributed by atoms with Crippen LogP contribution in [0.25, 0.3) is 0 Å². The topological polar surface area (TPSA) is 30.5 Å². The van der Waals surface area contributed by atoms with E-state index in [9.17, 15) is 0 Å². The average Bonchev–Trinajstić information content (AvgIpc) is 2.69. The number of likely N-dealkylation sites (N-methyl/N-ethyl adjacent to an activating group) is 1. The van der Waals surface area contributed by atoms with E-state index in [2.05, 4.69) is 19.2 Å². The highest BCUT2D eigenvalue weighted by Crippen LogP contribution is 2.12. The molecule has 1 heterocycles. The summed E-state index contributed by atoms with van der Waals surface area (Å²) >= 11 is 0. The summed E-state index contributed by atoms with van der Waals surface area (Å²) in [7, 11) is 0. The van der Waals surface area contributed by atoms with Crippen LogP contribution in [-0.2, 0) is 9.47 Å². The zero-order valence-electron chi connectivity index (χ0n) is 9.42. The van der Waals surface area contributed by atoms with E-state index in [4.69, 9.17) is 9.47 Å². The third-order valence-corrected chi connectivity index (χ3v) is 2.68. The first-order valence-corrected chi connectivity index (χ1v) is 5.75. The third-order valence-electron chi connectivity index (χ3n) is 2.68. The van der Waals surface area contributed by atoms with Crippen molar-refractivity contribution in [1.29, 1.82) is 0 Å². The maximum absolute atomic E-state index is 5.68. The maximum Gasteiger partial charge on any atom is 0.0619 e. The Balaban J connectivity index is 2.00. The Kier molecular flexibility index (Phi) is 6.15. The van der Waals surface area contributed by atoms with Gasteiger partial charge >= 0.3 is 0 Å². The molecule has 1 fully saturated rings. The Morgan fingerprint density at radius 1 is 1.50 bits per heavy atom. The van der Waals surface area contributed by atoms with Crippen LogP contribution in [0.4, 0.5) is 0 Å². The van der Waals surface area contributed by atoms with Crippen LogP contribution in [0.5, 0.6) is 0 Å². The molecule has 1 N–H and O–H groups in total. The van der Waals surface area contributed by atoms with E-state index in [1.54, 1.807) is 0 Å². The van der Waals surface area contributed by atoms with E-state index >= 15 is 0 Å². The molecule has 0 spiro atoms. The van der Waals surface area contributed by atoms with Gasteiger partial charge in [-0.15, -0.1) is 0 Å². The molecule has 1 saturated heterocycles. The molecule has 14 heavy (non-hydrogen) atoms. The molecule has 84 valence electrons. The average molecular weight is 201 g/mol. The minimum atomic E-state index is 0.516. The molecule has 2 unspecified atom stereocenters. The molecule has 3 heteroatoms. The van der Waals surface area contributed by atoms with Crippen LogP contribution >= 0.6 is 0 Å². The molecular formula is C11H23NO2. The normalized spacial score (nSPS) is 24.0. The summed E-state index contributed by atoms with van der Waals surface area (Å²) < 4.78 is 11.0. The fraction of sp³-hybridized carbons (Fsp3) is 1.00. The Morgan fingerprint density at radius 2 is 2.36 bits per heavy atom. The summed E-state index contributed by atoms with van der Waals surface area (Å²) in [4.78, 5) is 0. The molecule has 3 nitrogen and oxygen atoms in total. The van der Waals surface area contributed by atoms with Crippen molar-refractivity contribution in [2.24, 2.45) is 5.92 Å². The fourth-order valence-electron chi connectivity index (χ4n) is 1.70. The molecule has 1 aliphatic heterocycles.